The van der Waals surface area contributed by atoms with Crippen LogP contribution in [0.3, 0.4) is 0 Å². The van der Waals surface area contributed by atoms with Gasteiger partial charge in [0.1, 0.15) is 0 Å². The van der Waals surface area contributed by atoms with E-state index >= 15 is 0 Å². The van der Waals surface area contributed by atoms with Crippen LogP contribution < -0.4 is 0 Å². The molecule has 0 aromatic heterocycles. The molecule has 1 aliphatic heterocycles. The van der Waals surface area contributed by atoms with E-state index in [9.17, 15) is 0 Å². The van der Waals surface area contributed by atoms with Gasteiger partial charge in [-0.1, -0.05) is 58.4 Å². The van der Waals surface area contributed by atoms with Crippen molar-refractivity contribution in [1.29, 1.82) is 0 Å². The maximum Gasteiger partial charge on any atom is 0.0535 e. The third-order valence-corrected chi connectivity index (χ3v) is 5.76. The topological polar surface area (TPSA) is 12.5 Å². The summed E-state index contributed by atoms with van der Waals surface area (Å²) in [7, 11) is 0. The molecule has 2 nitrogen and oxygen atoms in total. The molecule has 0 amide bonds. The molecule has 1 fully saturated rings. The Balaban J connectivity index is 1.61. The summed E-state index contributed by atoms with van der Waals surface area (Å²) in [4.78, 5) is 2.59. The molecule has 3 rings (SSSR count). The number of benzene rings is 2. The van der Waals surface area contributed by atoms with Crippen LogP contribution in [-0.2, 0) is 17.7 Å². The first-order valence-corrected chi connectivity index (χ1v) is 10.1. The Kier molecular flexibility index (Phi) is 6.69. The Labute approximate surface area is 160 Å². The second-order valence-corrected chi connectivity index (χ2v) is 8.13. The third-order valence-electron chi connectivity index (χ3n) is 5.24. The lowest BCUT2D eigenvalue weighted by molar-refractivity contribution is 0.0489. The van der Waals surface area contributed by atoms with E-state index in [2.05, 4.69) is 82.4 Å². The minimum absolute atomic E-state index is 0.293. The molecule has 0 aliphatic carbocycles. The van der Waals surface area contributed by atoms with Crippen molar-refractivity contribution in [1.82, 2.24) is 4.90 Å². The summed E-state index contributed by atoms with van der Waals surface area (Å²) in [6.45, 7) is 7.12. The van der Waals surface area contributed by atoms with Crippen molar-refractivity contribution in [2.24, 2.45) is 5.41 Å². The first-order valence-electron chi connectivity index (χ1n) is 9.28. The molecule has 134 valence electrons. The van der Waals surface area contributed by atoms with Gasteiger partial charge in [-0.25, -0.2) is 0 Å². The molecule has 2 aromatic rings. The van der Waals surface area contributed by atoms with Gasteiger partial charge in [-0.15, -0.1) is 0 Å². The average molecular weight is 402 g/mol. The highest BCUT2D eigenvalue weighted by Gasteiger charge is 2.37. The maximum absolute atomic E-state index is 5.89. The fourth-order valence-corrected chi connectivity index (χ4v) is 4.04. The van der Waals surface area contributed by atoms with Crippen LogP contribution in [0.1, 0.15) is 30.9 Å². The van der Waals surface area contributed by atoms with E-state index in [1.54, 1.807) is 0 Å². The zero-order chi connectivity index (χ0) is 17.5. The van der Waals surface area contributed by atoms with Crippen molar-refractivity contribution >= 4 is 15.9 Å². The van der Waals surface area contributed by atoms with Crippen molar-refractivity contribution in [3.8, 4) is 0 Å². The van der Waals surface area contributed by atoms with Gasteiger partial charge in [0.15, 0.2) is 0 Å². The van der Waals surface area contributed by atoms with Crippen molar-refractivity contribution in [3.63, 3.8) is 0 Å². The number of halogens is 1. The van der Waals surface area contributed by atoms with Crippen molar-refractivity contribution in [3.05, 3.63) is 70.2 Å². The van der Waals surface area contributed by atoms with Gasteiger partial charge in [-0.2, -0.15) is 0 Å². The van der Waals surface area contributed by atoms with E-state index in [0.29, 0.717) is 5.41 Å². The molecular weight excluding hydrogens is 374 g/mol. The van der Waals surface area contributed by atoms with Gasteiger partial charge in [0, 0.05) is 29.6 Å². The largest absolute Gasteiger partial charge is 0.381 e. The molecular formula is C22H28BrNO. The molecule has 25 heavy (non-hydrogen) atoms. The van der Waals surface area contributed by atoms with Crippen LogP contribution in [0.2, 0.25) is 0 Å². The van der Waals surface area contributed by atoms with Gasteiger partial charge in [-0.05, 0) is 56.0 Å². The molecule has 3 heteroatoms. The van der Waals surface area contributed by atoms with Crippen LogP contribution in [0.4, 0.5) is 0 Å². The Morgan fingerprint density at radius 3 is 2.52 bits per heavy atom. The first-order chi connectivity index (χ1) is 12.2. The smallest absolute Gasteiger partial charge is 0.0535 e. The molecule has 1 atom stereocenters. The molecule has 0 saturated carbocycles. The number of ether oxygens (including phenoxy) is 1. The number of aryl methyl sites for hydroxylation is 1. The molecule has 0 spiro atoms. The van der Waals surface area contributed by atoms with Crippen LogP contribution in [0.25, 0.3) is 0 Å². The van der Waals surface area contributed by atoms with E-state index in [1.807, 2.05) is 0 Å². The Hall–Kier alpha value is -1.16. The van der Waals surface area contributed by atoms with Gasteiger partial charge < -0.3 is 4.74 Å². The van der Waals surface area contributed by atoms with Gasteiger partial charge in [0.2, 0.25) is 0 Å². The zero-order valence-electron chi connectivity index (χ0n) is 15.1. The molecule has 1 aliphatic rings. The normalized spacial score (nSPS) is 20.9. The van der Waals surface area contributed by atoms with Crippen LogP contribution in [0.5, 0.6) is 0 Å². The van der Waals surface area contributed by atoms with E-state index in [4.69, 9.17) is 4.74 Å². The monoisotopic (exact) mass is 401 g/mol. The van der Waals surface area contributed by atoms with Gasteiger partial charge in [0.25, 0.3) is 0 Å². The molecule has 0 N–H and O–H groups in total. The highest BCUT2D eigenvalue weighted by atomic mass is 79.9. The van der Waals surface area contributed by atoms with Crippen LogP contribution in [-0.4, -0.2) is 31.2 Å². The first kappa shape index (κ1) is 18.6. The lowest BCUT2D eigenvalue weighted by atomic mass is 9.82. The fourth-order valence-electron chi connectivity index (χ4n) is 3.78. The second kappa shape index (κ2) is 8.98. The maximum atomic E-state index is 5.89. The van der Waals surface area contributed by atoms with E-state index < -0.39 is 0 Å². The Morgan fingerprint density at radius 1 is 1.04 bits per heavy atom. The second-order valence-electron chi connectivity index (χ2n) is 7.21. The van der Waals surface area contributed by atoms with Crippen molar-refractivity contribution in [2.75, 3.05) is 26.3 Å². The minimum atomic E-state index is 0.293. The van der Waals surface area contributed by atoms with Crippen molar-refractivity contribution < 1.29 is 4.74 Å². The number of hydrogen-bond donors (Lipinski definition) is 0. The number of rotatable bonds is 8. The third kappa shape index (κ3) is 5.40. The predicted molar refractivity (Wildman–Crippen MR) is 108 cm³/mol. The SMILES string of the molecule is CCOCC1(CCc2ccccc2)CCN(Cc2ccc(Br)cc2)C1. The van der Waals surface area contributed by atoms with Crippen LogP contribution in [0, 0.1) is 5.41 Å². The Morgan fingerprint density at radius 2 is 1.80 bits per heavy atom. The summed E-state index contributed by atoms with van der Waals surface area (Å²) >= 11 is 3.52. The fraction of sp³-hybridized carbons (Fsp3) is 0.455. The van der Waals surface area contributed by atoms with Crippen LogP contribution in [0.15, 0.2) is 59.1 Å². The molecule has 0 bridgehead atoms. The minimum Gasteiger partial charge on any atom is -0.381 e. The average Bonchev–Trinajstić information content (AvgIpc) is 3.04. The molecule has 1 heterocycles. The predicted octanol–water partition coefficient (Wildman–Crippen LogP) is 5.31. The van der Waals surface area contributed by atoms with Crippen LogP contribution >= 0.6 is 15.9 Å². The zero-order valence-corrected chi connectivity index (χ0v) is 16.7. The van der Waals surface area contributed by atoms with Gasteiger partial charge >= 0.3 is 0 Å². The molecule has 1 unspecified atom stereocenters. The summed E-state index contributed by atoms with van der Waals surface area (Å²) in [5, 5.41) is 0. The van der Waals surface area contributed by atoms with Crippen molar-refractivity contribution in [2.45, 2.75) is 32.7 Å². The quantitative estimate of drug-likeness (QED) is 0.593. The van der Waals surface area contributed by atoms with E-state index in [1.165, 1.54) is 24.0 Å². The standard InChI is InChI=1S/C22H28BrNO/c1-2-25-18-22(13-12-19-6-4-3-5-7-19)14-15-24(17-22)16-20-8-10-21(23)11-9-20/h3-11H,2,12-18H2,1H3. The molecule has 2 aromatic carbocycles. The summed E-state index contributed by atoms with van der Waals surface area (Å²) in [5.41, 5.74) is 3.12. The summed E-state index contributed by atoms with van der Waals surface area (Å²) < 4.78 is 7.04. The number of likely N-dealkylation sites (tertiary alicyclic amines) is 1. The Bertz CT molecular complexity index is 643. The highest BCUT2D eigenvalue weighted by molar-refractivity contribution is 9.10. The summed E-state index contributed by atoms with van der Waals surface area (Å²) in [6, 6.07) is 19.6. The molecule has 0 radical (unpaired) electrons. The highest BCUT2D eigenvalue weighted by Crippen LogP contribution is 2.36. The van der Waals surface area contributed by atoms with E-state index in [0.717, 1.165) is 43.7 Å². The van der Waals surface area contributed by atoms with Gasteiger partial charge in [0.05, 0.1) is 6.61 Å². The molecule has 1 saturated heterocycles. The number of nitrogens with zero attached hydrogens (tertiary/aromatic N) is 1. The summed E-state index contributed by atoms with van der Waals surface area (Å²) in [5.74, 6) is 0. The van der Waals surface area contributed by atoms with Gasteiger partial charge in [-0.3, -0.25) is 4.90 Å². The van der Waals surface area contributed by atoms with E-state index in [-0.39, 0.29) is 0 Å². The lowest BCUT2D eigenvalue weighted by Crippen LogP contribution is -2.32. The lowest BCUT2D eigenvalue weighted by Gasteiger charge is -2.29. The summed E-state index contributed by atoms with van der Waals surface area (Å²) in [6.07, 6.45) is 3.57. The number of hydrogen-bond acceptors (Lipinski definition) is 2.